The van der Waals surface area contributed by atoms with Gasteiger partial charge in [0.25, 0.3) is 0 Å². The molecule has 2 N–H and O–H groups in total. The lowest BCUT2D eigenvalue weighted by Gasteiger charge is -2.18. The third-order valence-electron chi connectivity index (χ3n) is 4.60. The number of carbonyl (C=O) groups excluding carboxylic acids is 2. The minimum atomic E-state index is -4.38. The zero-order chi connectivity index (χ0) is 23.0. The Labute approximate surface area is 177 Å². The van der Waals surface area contributed by atoms with E-state index in [1.807, 2.05) is 0 Å². The molecule has 31 heavy (non-hydrogen) atoms. The van der Waals surface area contributed by atoms with Crippen LogP contribution in [0.5, 0.6) is 0 Å². The molecular weight excluding hydrogens is 415 g/mol. The van der Waals surface area contributed by atoms with Crippen molar-refractivity contribution in [3.63, 3.8) is 0 Å². The quantitative estimate of drug-likeness (QED) is 0.459. The summed E-state index contributed by atoms with van der Waals surface area (Å²) in [4.78, 5) is 36.3. The number of aryl methyl sites for hydroxylation is 1. The molecule has 2 aromatic rings. The van der Waals surface area contributed by atoms with Crippen LogP contribution in [0, 0.1) is 0 Å². The highest BCUT2D eigenvalue weighted by Gasteiger charge is 2.31. The first-order chi connectivity index (χ1) is 14.6. The summed E-state index contributed by atoms with van der Waals surface area (Å²) < 4.78 is 42.3. The molecule has 0 aliphatic rings. The molecule has 0 saturated heterocycles. The van der Waals surface area contributed by atoms with Crippen molar-refractivity contribution >= 4 is 17.8 Å². The molecule has 1 atom stereocenters. The van der Waals surface area contributed by atoms with Gasteiger partial charge in [0.2, 0.25) is 5.91 Å². The van der Waals surface area contributed by atoms with Crippen LogP contribution in [0.1, 0.15) is 45.8 Å². The highest BCUT2D eigenvalue weighted by atomic mass is 19.4. The fourth-order valence-electron chi connectivity index (χ4n) is 3.10. The van der Waals surface area contributed by atoms with Gasteiger partial charge in [-0.3, -0.25) is 9.59 Å². The minimum Gasteiger partial charge on any atom is -0.480 e. The molecular formula is C22H22F3NO5. The van der Waals surface area contributed by atoms with Gasteiger partial charge >= 0.3 is 18.1 Å². The summed E-state index contributed by atoms with van der Waals surface area (Å²) >= 11 is 0. The SMILES string of the molecule is COC(=O)c1ccc(C(C(=O)O)C(=O)NCc2ccccc2)c(CCCC(F)(F)F)c1. The summed E-state index contributed by atoms with van der Waals surface area (Å²) in [6.45, 7) is 0.0904. The van der Waals surface area contributed by atoms with E-state index in [1.54, 1.807) is 30.3 Å². The lowest BCUT2D eigenvalue weighted by molar-refractivity contribution is -0.143. The van der Waals surface area contributed by atoms with Crippen molar-refractivity contribution in [3.8, 4) is 0 Å². The number of amides is 1. The number of benzene rings is 2. The number of aliphatic carboxylic acids is 1. The van der Waals surface area contributed by atoms with E-state index < -0.39 is 36.4 Å². The van der Waals surface area contributed by atoms with Crippen molar-refractivity contribution in [1.29, 1.82) is 0 Å². The Morgan fingerprint density at radius 3 is 2.35 bits per heavy atom. The van der Waals surface area contributed by atoms with Gasteiger partial charge in [0.15, 0.2) is 5.92 Å². The van der Waals surface area contributed by atoms with Crippen LogP contribution >= 0.6 is 0 Å². The minimum absolute atomic E-state index is 0.0351. The second-order valence-corrected chi connectivity index (χ2v) is 6.85. The number of esters is 1. The maximum absolute atomic E-state index is 12.7. The van der Waals surface area contributed by atoms with Crippen LogP contribution in [0.3, 0.4) is 0 Å². The van der Waals surface area contributed by atoms with E-state index >= 15 is 0 Å². The average molecular weight is 437 g/mol. The van der Waals surface area contributed by atoms with Gasteiger partial charge in [-0.1, -0.05) is 36.4 Å². The highest BCUT2D eigenvalue weighted by molar-refractivity contribution is 6.03. The summed E-state index contributed by atoms with van der Waals surface area (Å²) in [7, 11) is 1.15. The topological polar surface area (TPSA) is 92.7 Å². The van der Waals surface area contributed by atoms with Crippen molar-refractivity contribution in [2.45, 2.75) is 37.9 Å². The van der Waals surface area contributed by atoms with Crippen molar-refractivity contribution in [3.05, 3.63) is 70.8 Å². The normalized spacial score (nSPS) is 12.1. The molecule has 0 radical (unpaired) electrons. The lowest BCUT2D eigenvalue weighted by atomic mass is 9.89. The van der Waals surface area contributed by atoms with E-state index in [1.165, 1.54) is 18.2 Å². The zero-order valence-electron chi connectivity index (χ0n) is 16.7. The van der Waals surface area contributed by atoms with Gasteiger partial charge < -0.3 is 15.2 Å². The largest absolute Gasteiger partial charge is 0.480 e. The molecule has 0 heterocycles. The van der Waals surface area contributed by atoms with Gasteiger partial charge in [-0.25, -0.2) is 4.79 Å². The Morgan fingerprint density at radius 1 is 1.10 bits per heavy atom. The van der Waals surface area contributed by atoms with E-state index in [-0.39, 0.29) is 36.1 Å². The standard InChI is InChI=1S/C22H22F3NO5/c1-31-21(30)16-9-10-17(15(12-16)8-5-11-22(23,24)25)18(20(28)29)19(27)26-13-14-6-3-2-4-7-14/h2-4,6-7,9-10,12,18H,5,8,11,13H2,1H3,(H,26,27)(H,28,29). The number of methoxy groups -OCH3 is 1. The Hall–Kier alpha value is -3.36. The van der Waals surface area contributed by atoms with Crippen LogP contribution in [0.25, 0.3) is 0 Å². The molecule has 0 aromatic heterocycles. The smallest absolute Gasteiger partial charge is 0.389 e. The molecule has 0 bridgehead atoms. The van der Waals surface area contributed by atoms with Gasteiger partial charge in [0.05, 0.1) is 12.7 Å². The molecule has 0 aliphatic heterocycles. The van der Waals surface area contributed by atoms with Crippen molar-refractivity contribution in [2.24, 2.45) is 0 Å². The summed E-state index contributed by atoms with van der Waals surface area (Å²) in [5.74, 6) is -4.62. The summed E-state index contributed by atoms with van der Waals surface area (Å²) in [6, 6.07) is 12.7. The van der Waals surface area contributed by atoms with Crippen LogP contribution in [-0.4, -0.2) is 36.2 Å². The molecule has 1 amide bonds. The summed E-state index contributed by atoms with van der Waals surface area (Å²) in [6.07, 6.45) is -5.93. The fraction of sp³-hybridized carbons (Fsp3) is 0.318. The van der Waals surface area contributed by atoms with Gasteiger partial charge in [0.1, 0.15) is 0 Å². The van der Waals surface area contributed by atoms with Gasteiger partial charge in [-0.2, -0.15) is 13.2 Å². The number of carboxylic acids is 1. The molecule has 2 rings (SSSR count). The van der Waals surface area contributed by atoms with Crippen molar-refractivity contribution in [2.75, 3.05) is 7.11 Å². The Bertz CT molecular complexity index is 928. The molecule has 0 aliphatic carbocycles. The molecule has 0 saturated carbocycles. The molecule has 2 aromatic carbocycles. The summed E-state index contributed by atoms with van der Waals surface area (Å²) in [5.41, 5.74) is 1.02. The first kappa shape index (κ1) is 23.9. The number of nitrogens with one attached hydrogen (secondary N) is 1. The second kappa shape index (κ2) is 10.6. The number of alkyl halides is 3. The van der Waals surface area contributed by atoms with Crippen molar-refractivity contribution < 1.29 is 37.4 Å². The third kappa shape index (κ3) is 7.13. The maximum Gasteiger partial charge on any atom is 0.389 e. The molecule has 166 valence electrons. The number of ether oxygens (including phenoxy) is 1. The fourth-order valence-corrected chi connectivity index (χ4v) is 3.10. The van der Waals surface area contributed by atoms with E-state index in [9.17, 15) is 32.7 Å². The number of carboxylic acid groups (broad SMARTS) is 1. The zero-order valence-corrected chi connectivity index (χ0v) is 16.7. The van der Waals surface area contributed by atoms with Gasteiger partial charge in [-0.05, 0) is 41.7 Å². The van der Waals surface area contributed by atoms with E-state index in [0.717, 1.165) is 12.7 Å². The summed E-state index contributed by atoms with van der Waals surface area (Å²) in [5, 5.41) is 12.2. The molecule has 0 spiro atoms. The molecule has 1 unspecified atom stereocenters. The Morgan fingerprint density at radius 2 is 1.77 bits per heavy atom. The van der Waals surface area contributed by atoms with Gasteiger partial charge in [-0.15, -0.1) is 0 Å². The first-order valence-corrected chi connectivity index (χ1v) is 9.44. The second-order valence-electron chi connectivity index (χ2n) is 6.85. The number of carbonyl (C=O) groups is 3. The van der Waals surface area contributed by atoms with E-state index in [0.29, 0.717) is 0 Å². The van der Waals surface area contributed by atoms with Crippen LogP contribution in [0.4, 0.5) is 13.2 Å². The van der Waals surface area contributed by atoms with E-state index in [4.69, 9.17) is 0 Å². The molecule has 0 fully saturated rings. The van der Waals surface area contributed by atoms with Gasteiger partial charge in [0, 0.05) is 13.0 Å². The Balaban J connectivity index is 2.31. The number of hydrogen-bond donors (Lipinski definition) is 2. The predicted octanol–water partition coefficient (Wildman–Crippen LogP) is 3.84. The van der Waals surface area contributed by atoms with Crippen LogP contribution in [0.15, 0.2) is 48.5 Å². The number of hydrogen-bond acceptors (Lipinski definition) is 4. The van der Waals surface area contributed by atoms with Crippen LogP contribution in [0.2, 0.25) is 0 Å². The number of rotatable bonds is 9. The van der Waals surface area contributed by atoms with Crippen LogP contribution < -0.4 is 5.32 Å². The Kier molecular flexibility index (Phi) is 8.18. The van der Waals surface area contributed by atoms with Crippen molar-refractivity contribution in [1.82, 2.24) is 5.32 Å². The van der Waals surface area contributed by atoms with Crippen LogP contribution in [-0.2, 0) is 27.3 Å². The maximum atomic E-state index is 12.7. The average Bonchev–Trinajstić information content (AvgIpc) is 2.72. The third-order valence-corrected chi connectivity index (χ3v) is 4.60. The molecule has 6 nitrogen and oxygen atoms in total. The first-order valence-electron chi connectivity index (χ1n) is 9.44. The highest BCUT2D eigenvalue weighted by Crippen LogP contribution is 2.27. The number of halogens is 3. The monoisotopic (exact) mass is 437 g/mol. The predicted molar refractivity (Wildman–Crippen MR) is 105 cm³/mol. The van der Waals surface area contributed by atoms with E-state index in [2.05, 4.69) is 10.1 Å². The lowest BCUT2D eigenvalue weighted by Crippen LogP contribution is -2.34. The molecule has 9 heteroatoms.